The first-order valence-corrected chi connectivity index (χ1v) is 11.6. The summed E-state index contributed by atoms with van der Waals surface area (Å²) in [6, 6.07) is 9.51. The number of aryl methyl sites for hydroxylation is 1. The van der Waals surface area contributed by atoms with E-state index in [0.29, 0.717) is 29.9 Å². The number of benzene rings is 1. The SMILES string of the molecule is CNC(=O)c1ccc([C@@H]2CCCN2S(=O)(=O)c2ccc(CC(=O)N(C)C)cc2)nc1C. The summed E-state index contributed by atoms with van der Waals surface area (Å²) >= 11 is 0. The van der Waals surface area contributed by atoms with Crippen LogP contribution in [0.4, 0.5) is 0 Å². The zero-order valence-electron chi connectivity index (χ0n) is 18.3. The van der Waals surface area contributed by atoms with Crippen LogP contribution in [0.25, 0.3) is 0 Å². The van der Waals surface area contributed by atoms with Crippen LogP contribution in [0.3, 0.4) is 0 Å². The van der Waals surface area contributed by atoms with Crippen molar-refractivity contribution >= 4 is 21.8 Å². The van der Waals surface area contributed by atoms with Gasteiger partial charge in [-0.25, -0.2) is 8.42 Å². The summed E-state index contributed by atoms with van der Waals surface area (Å²) in [6.45, 7) is 2.15. The second kappa shape index (κ2) is 9.15. The first-order chi connectivity index (χ1) is 14.6. The molecule has 0 aliphatic carbocycles. The topological polar surface area (TPSA) is 99.7 Å². The Balaban J connectivity index is 1.85. The monoisotopic (exact) mass is 444 g/mol. The van der Waals surface area contributed by atoms with E-state index in [1.165, 1.54) is 9.21 Å². The lowest BCUT2D eigenvalue weighted by Crippen LogP contribution is -2.31. The summed E-state index contributed by atoms with van der Waals surface area (Å²) in [4.78, 5) is 30.0. The minimum absolute atomic E-state index is 0.0446. The van der Waals surface area contributed by atoms with Crippen LogP contribution in [-0.2, 0) is 21.2 Å². The molecular formula is C22H28N4O4S. The van der Waals surface area contributed by atoms with Gasteiger partial charge < -0.3 is 10.2 Å². The molecule has 0 spiro atoms. The van der Waals surface area contributed by atoms with Gasteiger partial charge >= 0.3 is 0 Å². The number of nitrogens with one attached hydrogen (secondary N) is 1. The highest BCUT2D eigenvalue weighted by molar-refractivity contribution is 7.89. The minimum Gasteiger partial charge on any atom is -0.355 e. The third kappa shape index (κ3) is 4.77. The van der Waals surface area contributed by atoms with Crippen LogP contribution in [0.15, 0.2) is 41.3 Å². The van der Waals surface area contributed by atoms with E-state index in [1.54, 1.807) is 64.5 Å². The number of carbonyl (C=O) groups excluding carboxylic acids is 2. The van der Waals surface area contributed by atoms with Crippen LogP contribution in [0, 0.1) is 6.92 Å². The van der Waals surface area contributed by atoms with Crippen LogP contribution in [0.1, 0.15) is 46.2 Å². The van der Waals surface area contributed by atoms with Gasteiger partial charge in [-0.1, -0.05) is 12.1 Å². The molecule has 0 radical (unpaired) electrons. The number of hydrogen-bond donors (Lipinski definition) is 1. The maximum Gasteiger partial charge on any atom is 0.252 e. The number of nitrogens with zero attached hydrogens (tertiary/aromatic N) is 3. The Labute approximate surface area is 183 Å². The number of aromatic nitrogens is 1. The van der Waals surface area contributed by atoms with E-state index in [4.69, 9.17) is 0 Å². The number of pyridine rings is 1. The predicted molar refractivity (Wildman–Crippen MR) is 117 cm³/mol. The Kier molecular flexibility index (Phi) is 6.76. The summed E-state index contributed by atoms with van der Waals surface area (Å²) in [5, 5.41) is 2.58. The number of carbonyl (C=O) groups is 2. The molecule has 1 saturated heterocycles. The van der Waals surface area contributed by atoms with E-state index in [2.05, 4.69) is 10.3 Å². The van der Waals surface area contributed by atoms with E-state index >= 15 is 0 Å². The van der Waals surface area contributed by atoms with Crippen LogP contribution >= 0.6 is 0 Å². The summed E-state index contributed by atoms with van der Waals surface area (Å²) < 4.78 is 28.1. The fourth-order valence-corrected chi connectivity index (χ4v) is 5.38. The van der Waals surface area contributed by atoms with Gasteiger partial charge in [0.15, 0.2) is 0 Å². The van der Waals surface area contributed by atoms with Crippen molar-refractivity contribution in [3.63, 3.8) is 0 Å². The highest BCUT2D eigenvalue weighted by atomic mass is 32.2. The van der Waals surface area contributed by atoms with Crippen molar-refractivity contribution in [1.82, 2.24) is 19.5 Å². The Bertz CT molecular complexity index is 1080. The van der Waals surface area contributed by atoms with Gasteiger partial charge in [0.2, 0.25) is 15.9 Å². The maximum absolute atomic E-state index is 13.3. The Hall–Kier alpha value is -2.78. The highest BCUT2D eigenvalue weighted by Gasteiger charge is 2.37. The van der Waals surface area contributed by atoms with Crippen molar-refractivity contribution in [3.8, 4) is 0 Å². The fourth-order valence-electron chi connectivity index (χ4n) is 3.71. The van der Waals surface area contributed by atoms with Crippen molar-refractivity contribution in [2.24, 2.45) is 0 Å². The van der Waals surface area contributed by atoms with E-state index in [1.807, 2.05) is 0 Å². The van der Waals surface area contributed by atoms with Crippen molar-refractivity contribution in [1.29, 1.82) is 0 Å². The van der Waals surface area contributed by atoms with Crippen molar-refractivity contribution in [3.05, 3.63) is 58.9 Å². The second-order valence-corrected chi connectivity index (χ2v) is 9.72. The second-order valence-electron chi connectivity index (χ2n) is 7.83. The molecule has 2 amide bonds. The Morgan fingerprint density at radius 2 is 1.84 bits per heavy atom. The quantitative estimate of drug-likeness (QED) is 0.734. The smallest absolute Gasteiger partial charge is 0.252 e. The lowest BCUT2D eigenvalue weighted by atomic mass is 10.1. The molecule has 1 aromatic carbocycles. The third-order valence-electron chi connectivity index (χ3n) is 5.51. The van der Waals surface area contributed by atoms with Crippen LogP contribution in [-0.4, -0.2) is 62.1 Å². The molecule has 1 fully saturated rings. The van der Waals surface area contributed by atoms with Gasteiger partial charge in [0, 0.05) is 27.7 Å². The standard InChI is InChI=1S/C22H28N4O4S/c1-15-18(22(28)23-2)11-12-19(24-15)20-6-5-13-26(20)31(29,30)17-9-7-16(8-10-17)14-21(27)25(3)4/h7-12,20H,5-6,13-14H2,1-4H3,(H,23,28)/t20-/m0/s1. The molecule has 1 aromatic heterocycles. The van der Waals surface area contributed by atoms with Crippen molar-refractivity contribution < 1.29 is 18.0 Å². The molecule has 166 valence electrons. The van der Waals surface area contributed by atoms with Crippen molar-refractivity contribution in [2.45, 2.75) is 37.1 Å². The van der Waals surface area contributed by atoms with E-state index in [0.717, 1.165) is 12.0 Å². The number of sulfonamides is 1. The summed E-state index contributed by atoms with van der Waals surface area (Å²) in [5.74, 6) is -0.267. The molecule has 0 unspecified atom stereocenters. The van der Waals surface area contributed by atoms with Crippen LogP contribution < -0.4 is 5.32 Å². The predicted octanol–water partition coefficient (Wildman–Crippen LogP) is 1.91. The third-order valence-corrected chi connectivity index (χ3v) is 7.43. The number of amides is 2. The molecule has 2 aromatic rings. The van der Waals surface area contributed by atoms with Gasteiger partial charge in [0.25, 0.3) is 5.91 Å². The number of rotatable bonds is 6. The molecule has 31 heavy (non-hydrogen) atoms. The average Bonchev–Trinajstić information content (AvgIpc) is 3.24. The summed E-state index contributed by atoms with van der Waals surface area (Å²) in [7, 11) is 1.21. The zero-order chi connectivity index (χ0) is 22.8. The van der Waals surface area contributed by atoms with E-state index in [9.17, 15) is 18.0 Å². The van der Waals surface area contributed by atoms with Gasteiger partial charge in [-0.2, -0.15) is 4.31 Å². The van der Waals surface area contributed by atoms with Gasteiger partial charge in [-0.15, -0.1) is 0 Å². The van der Waals surface area contributed by atoms with Crippen LogP contribution in [0.5, 0.6) is 0 Å². The van der Waals surface area contributed by atoms with E-state index < -0.39 is 10.0 Å². The molecule has 0 bridgehead atoms. The van der Waals surface area contributed by atoms with Crippen molar-refractivity contribution in [2.75, 3.05) is 27.7 Å². The summed E-state index contributed by atoms with van der Waals surface area (Å²) in [6.07, 6.45) is 1.62. The molecular weight excluding hydrogens is 416 g/mol. The highest BCUT2D eigenvalue weighted by Crippen LogP contribution is 2.36. The Morgan fingerprint density at radius 1 is 1.16 bits per heavy atom. The molecule has 1 aliphatic heterocycles. The molecule has 1 N–H and O–H groups in total. The van der Waals surface area contributed by atoms with Gasteiger partial charge in [-0.05, 0) is 49.6 Å². The minimum atomic E-state index is -3.72. The lowest BCUT2D eigenvalue weighted by Gasteiger charge is -2.24. The number of likely N-dealkylation sites (N-methyl/N-ethyl adjacent to an activating group) is 1. The Morgan fingerprint density at radius 3 is 2.42 bits per heavy atom. The fraction of sp³-hybridized carbons (Fsp3) is 0.409. The molecule has 2 heterocycles. The largest absolute Gasteiger partial charge is 0.355 e. The van der Waals surface area contributed by atoms with E-state index in [-0.39, 0.29) is 29.2 Å². The normalized spacial score (nSPS) is 16.8. The van der Waals surface area contributed by atoms with Gasteiger partial charge in [-0.3, -0.25) is 14.6 Å². The lowest BCUT2D eigenvalue weighted by molar-refractivity contribution is -0.127. The summed E-state index contributed by atoms with van der Waals surface area (Å²) in [5.41, 5.74) is 2.44. The zero-order valence-corrected chi connectivity index (χ0v) is 19.1. The molecule has 1 atom stereocenters. The molecule has 1 aliphatic rings. The average molecular weight is 445 g/mol. The number of hydrogen-bond acceptors (Lipinski definition) is 5. The molecule has 9 heteroatoms. The van der Waals surface area contributed by atoms with Gasteiger partial charge in [0.05, 0.1) is 34.3 Å². The molecule has 0 saturated carbocycles. The first kappa shape index (κ1) is 22.9. The molecule has 3 rings (SSSR count). The maximum atomic E-state index is 13.3. The first-order valence-electron chi connectivity index (χ1n) is 10.2. The molecule has 8 nitrogen and oxygen atoms in total. The van der Waals surface area contributed by atoms with Crippen LogP contribution in [0.2, 0.25) is 0 Å². The van der Waals surface area contributed by atoms with Gasteiger partial charge in [0.1, 0.15) is 0 Å².